The number of nitro benzene ring substituents is 1. The molecule has 1 heterocycles. The molecule has 0 amide bonds. The SMILES string of the molecule is Nc1ccc([N+](=O)[O-])c(Oc2cc(F)ccc2[N+](=O)[O-])n1. The Hall–Kier alpha value is -3.30. The molecule has 0 fully saturated rings. The third kappa shape index (κ3) is 3.00. The van der Waals surface area contributed by atoms with Gasteiger partial charge in [0.15, 0.2) is 0 Å². The van der Waals surface area contributed by atoms with Gasteiger partial charge in [0.05, 0.1) is 9.85 Å². The monoisotopic (exact) mass is 294 g/mol. The van der Waals surface area contributed by atoms with Crippen LogP contribution in [0.1, 0.15) is 0 Å². The van der Waals surface area contributed by atoms with Crippen LogP contribution in [0.4, 0.5) is 21.6 Å². The van der Waals surface area contributed by atoms with E-state index in [1.165, 1.54) is 6.07 Å². The molecular formula is C11H7FN4O5. The van der Waals surface area contributed by atoms with E-state index in [9.17, 15) is 24.6 Å². The second kappa shape index (κ2) is 5.36. The van der Waals surface area contributed by atoms with E-state index < -0.39 is 38.7 Å². The third-order valence-corrected chi connectivity index (χ3v) is 2.38. The maximum absolute atomic E-state index is 13.2. The number of nitrogens with zero attached hydrogens (tertiary/aromatic N) is 3. The molecule has 9 nitrogen and oxygen atoms in total. The molecule has 1 aromatic carbocycles. The van der Waals surface area contributed by atoms with Crippen LogP contribution in [0.5, 0.6) is 11.6 Å². The average Bonchev–Trinajstić information content (AvgIpc) is 2.38. The number of nitro groups is 2. The molecule has 0 atom stereocenters. The lowest BCUT2D eigenvalue weighted by atomic mass is 10.3. The molecule has 0 aliphatic heterocycles. The second-order valence-corrected chi connectivity index (χ2v) is 3.79. The van der Waals surface area contributed by atoms with Gasteiger partial charge in [-0.1, -0.05) is 0 Å². The highest BCUT2D eigenvalue weighted by molar-refractivity contribution is 5.53. The zero-order valence-corrected chi connectivity index (χ0v) is 10.2. The molecule has 0 aliphatic carbocycles. The van der Waals surface area contributed by atoms with Crippen molar-refractivity contribution < 1.29 is 19.0 Å². The molecule has 21 heavy (non-hydrogen) atoms. The first-order chi connectivity index (χ1) is 9.88. The van der Waals surface area contributed by atoms with Gasteiger partial charge in [0.2, 0.25) is 5.75 Å². The normalized spacial score (nSPS) is 10.1. The Morgan fingerprint density at radius 2 is 1.71 bits per heavy atom. The number of halogens is 1. The molecule has 0 unspecified atom stereocenters. The molecule has 0 aliphatic rings. The van der Waals surface area contributed by atoms with Crippen LogP contribution in [0.3, 0.4) is 0 Å². The van der Waals surface area contributed by atoms with E-state index >= 15 is 0 Å². The van der Waals surface area contributed by atoms with E-state index in [1.807, 2.05) is 0 Å². The van der Waals surface area contributed by atoms with Gasteiger partial charge in [-0.2, -0.15) is 4.98 Å². The molecule has 2 aromatic rings. The van der Waals surface area contributed by atoms with Crippen molar-refractivity contribution in [2.75, 3.05) is 5.73 Å². The molecule has 0 spiro atoms. The lowest BCUT2D eigenvalue weighted by molar-refractivity contribution is -0.387. The Kier molecular flexibility index (Phi) is 3.61. The highest BCUT2D eigenvalue weighted by atomic mass is 19.1. The predicted molar refractivity (Wildman–Crippen MR) is 68.4 cm³/mol. The molecule has 0 radical (unpaired) electrons. The number of benzene rings is 1. The average molecular weight is 294 g/mol. The highest BCUT2D eigenvalue weighted by Crippen LogP contribution is 2.35. The van der Waals surface area contributed by atoms with Crippen LogP contribution in [0.2, 0.25) is 0 Å². The van der Waals surface area contributed by atoms with Crippen LogP contribution in [0, 0.1) is 26.0 Å². The Morgan fingerprint density at radius 1 is 1.10 bits per heavy atom. The van der Waals surface area contributed by atoms with Gasteiger partial charge in [-0.25, -0.2) is 4.39 Å². The fraction of sp³-hybridized carbons (Fsp3) is 0. The predicted octanol–water partition coefficient (Wildman–Crippen LogP) is 2.41. The Bertz CT molecular complexity index is 675. The van der Waals surface area contributed by atoms with E-state index in [4.69, 9.17) is 10.5 Å². The van der Waals surface area contributed by atoms with Gasteiger partial charge in [-0.05, 0) is 12.1 Å². The van der Waals surface area contributed by atoms with E-state index in [0.29, 0.717) is 0 Å². The highest BCUT2D eigenvalue weighted by Gasteiger charge is 2.23. The summed E-state index contributed by atoms with van der Waals surface area (Å²) in [7, 11) is 0. The summed E-state index contributed by atoms with van der Waals surface area (Å²) in [6, 6.07) is 4.68. The van der Waals surface area contributed by atoms with Gasteiger partial charge in [-0.15, -0.1) is 0 Å². The summed E-state index contributed by atoms with van der Waals surface area (Å²) < 4.78 is 18.2. The zero-order chi connectivity index (χ0) is 15.6. The number of hydrogen-bond acceptors (Lipinski definition) is 7. The van der Waals surface area contributed by atoms with Gasteiger partial charge in [0.1, 0.15) is 11.6 Å². The van der Waals surface area contributed by atoms with Crippen LogP contribution < -0.4 is 10.5 Å². The summed E-state index contributed by atoms with van der Waals surface area (Å²) in [4.78, 5) is 23.7. The third-order valence-electron chi connectivity index (χ3n) is 2.38. The Labute approximate surface area is 116 Å². The largest absolute Gasteiger partial charge is 0.426 e. The first kappa shape index (κ1) is 14.1. The minimum absolute atomic E-state index is 0.0883. The fourth-order valence-corrected chi connectivity index (χ4v) is 1.49. The van der Waals surface area contributed by atoms with E-state index in [1.54, 1.807) is 0 Å². The molecule has 108 valence electrons. The first-order valence-corrected chi connectivity index (χ1v) is 5.41. The molecule has 10 heteroatoms. The van der Waals surface area contributed by atoms with Crippen LogP contribution in [-0.4, -0.2) is 14.8 Å². The topological polar surface area (TPSA) is 134 Å². The van der Waals surface area contributed by atoms with E-state index in [-0.39, 0.29) is 5.82 Å². The summed E-state index contributed by atoms with van der Waals surface area (Å²) in [5.74, 6) is -1.97. The number of nitrogen functional groups attached to an aromatic ring is 1. The number of hydrogen-bond donors (Lipinski definition) is 1. The molecule has 2 rings (SSSR count). The summed E-state index contributed by atoms with van der Waals surface area (Å²) in [6.45, 7) is 0. The number of anilines is 1. The van der Waals surface area contributed by atoms with Gasteiger partial charge in [-0.3, -0.25) is 20.2 Å². The van der Waals surface area contributed by atoms with E-state index in [2.05, 4.69) is 4.98 Å². The Balaban J connectivity index is 2.52. The fourth-order valence-electron chi connectivity index (χ4n) is 1.49. The van der Waals surface area contributed by atoms with Crippen molar-refractivity contribution >= 4 is 17.2 Å². The van der Waals surface area contributed by atoms with Crippen LogP contribution >= 0.6 is 0 Å². The zero-order valence-electron chi connectivity index (χ0n) is 10.2. The molecule has 2 N–H and O–H groups in total. The number of pyridine rings is 1. The molecule has 0 saturated heterocycles. The number of nitrogens with two attached hydrogens (primary N) is 1. The molecule has 0 bridgehead atoms. The molecule has 1 aromatic heterocycles. The van der Waals surface area contributed by atoms with Gasteiger partial charge >= 0.3 is 17.3 Å². The standard InChI is InChI=1S/C11H7FN4O5/c12-6-1-2-7(15(17)18)9(5-6)21-11-8(16(19)20)3-4-10(13)14-11/h1-5H,(H2,13,14). The van der Waals surface area contributed by atoms with Crippen LogP contribution in [0.15, 0.2) is 30.3 Å². The Morgan fingerprint density at radius 3 is 2.33 bits per heavy atom. The minimum atomic E-state index is -0.813. The minimum Gasteiger partial charge on any atom is -0.426 e. The van der Waals surface area contributed by atoms with E-state index in [0.717, 1.165) is 24.3 Å². The maximum atomic E-state index is 13.2. The maximum Gasteiger partial charge on any atom is 0.331 e. The van der Waals surface area contributed by atoms with Crippen molar-refractivity contribution in [2.45, 2.75) is 0 Å². The molecule has 0 saturated carbocycles. The van der Waals surface area contributed by atoms with Crippen molar-refractivity contribution in [3.05, 3.63) is 56.4 Å². The summed E-state index contributed by atoms with van der Waals surface area (Å²) >= 11 is 0. The van der Waals surface area contributed by atoms with Gasteiger partial charge in [0, 0.05) is 18.2 Å². The van der Waals surface area contributed by atoms with Crippen molar-refractivity contribution in [1.82, 2.24) is 4.98 Å². The van der Waals surface area contributed by atoms with Crippen molar-refractivity contribution in [3.8, 4) is 11.6 Å². The van der Waals surface area contributed by atoms with Gasteiger partial charge in [0.25, 0.3) is 0 Å². The second-order valence-electron chi connectivity index (χ2n) is 3.79. The smallest absolute Gasteiger partial charge is 0.331 e. The quantitative estimate of drug-likeness (QED) is 0.675. The van der Waals surface area contributed by atoms with Crippen LogP contribution in [0.25, 0.3) is 0 Å². The number of ether oxygens (including phenoxy) is 1. The lowest BCUT2D eigenvalue weighted by Crippen LogP contribution is -2.01. The van der Waals surface area contributed by atoms with Crippen molar-refractivity contribution in [2.24, 2.45) is 0 Å². The summed E-state index contributed by atoms with van der Waals surface area (Å²) in [5.41, 5.74) is 4.27. The van der Waals surface area contributed by atoms with Crippen LogP contribution in [-0.2, 0) is 0 Å². The van der Waals surface area contributed by atoms with Crippen molar-refractivity contribution in [3.63, 3.8) is 0 Å². The van der Waals surface area contributed by atoms with Crippen molar-refractivity contribution in [1.29, 1.82) is 0 Å². The number of aromatic nitrogens is 1. The molecular weight excluding hydrogens is 287 g/mol. The number of rotatable bonds is 4. The summed E-state index contributed by atoms with van der Waals surface area (Å²) in [6.07, 6.45) is 0. The first-order valence-electron chi connectivity index (χ1n) is 5.41. The summed E-state index contributed by atoms with van der Waals surface area (Å²) in [5, 5.41) is 21.7. The lowest BCUT2D eigenvalue weighted by Gasteiger charge is -2.06. The van der Waals surface area contributed by atoms with Gasteiger partial charge < -0.3 is 10.5 Å².